The summed E-state index contributed by atoms with van der Waals surface area (Å²) in [4.78, 5) is 20.1. The van der Waals surface area contributed by atoms with Crippen molar-refractivity contribution in [2.75, 3.05) is 52.5 Å². The molecule has 0 radical (unpaired) electrons. The van der Waals surface area contributed by atoms with Crippen LogP contribution in [0.15, 0.2) is 30.3 Å². The van der Waals surface area contributed by atoms with Crippen LogP contribution < -0.4 is 0 Å². The molecule has 3 aliphatic heterocycles. The van der Waals surface area contributed by atoms with Gasteiger partial charge in [0.25, 0.3) is 0 Å². The van der Waals surface area contributed by atoms with E-state index in [1.54, 1.807) is 0 Å². The largest absolute Gasteiger partial charge is 0.378 e. The number of ether oxygens (including phenoxy) is 1. The Labute approximate surface area is 163 Å². The molecule has 0 aromatic heterocycles. The summed E-state index contributed by atoms with van der Waals surface area (Å²) < 4.78 is 5.40. The minimum absolute atomic E-state index is 0.194. The summed E-state index contributed by atoms with van der Waals surface area (Å²) in [5.41, 5.74) is 1.41. The van der Waals surface area contributed by atoms with Gasteiger partial charge in [-0.25, -0.2) is 0 Å². The maximum Gasteiger partial charge on any atom is 0.227 e. The third-order valence-corrected chi connectivity index (χ3v) is 6.45. The molecule has 1 unspecified atom stereocenters. The molecule has 1 amide bonds. The Bertz CT molecular complexity index is 595. The lowest BCUT2D eigenvalue weighted by atomic mass is 9.92. The zero-order valence-corrected chi connectivity index (χ0v) is 16.4. The van der Waals surface area contributed by atoms with Crippen LogP contribution in [0, 0.1) is 5.92 Å². The number of likely N-dealkylation sites (tertiary alicyclic amines) is 2. The number of carbonyl (C=O) groups excluding carboxylic acids is 1. The van der Waals surface area contributed by atoms with Crippen LogP contribution in [0.2, 0.25) is 0 Å². The van der Waals surface area contributed by atoms with E-state index in [1.807, 2.05) is 4.90 Å². The van der Waals surface area contributed by atoms with Crippen LogP contribution >= 0.6 is 0 Å². The van der Waals surface area contributed by atoms with Crippen molar-refractivity contribution in [2.24, 2.45) is 5.92 Å². The Morgan fingerprint density at radius 3 is 2.44 bits per heavy atom. The molecule has 5 nitrogen and oxygen atoms in total. The molecule has 0 aliphatic carbocycles. The van der Waals surface area contributed by atoms with E-state index in [0.717, 1.165) is 58.7 Å². The maximum absolute atomic E-state index is 12.9. The van der Waals surface area contributed by atoms with Gasteiger partial charge in [-0.1, -0.05) is 30.3 Å². The first-order valence-corrected chi connectivity index (χ1v) is 10.7. The highest BCUT2D eigenvalue weighted by Gasteiger charge is 2.33. The quantitative estimate of drug-likeness (QED) is 0.813. The molecule has 0 spiro atoms. The van der Waals surface area contributed by atoms with Crippen LogP contribution in [0.5, 0.6) is 0 Å². The van der Waals surface area contributed by atoms with Crippen molar-refractivity contribution in [1.29, 1.82) is 0 Å². The molecule has 1 aromatic carbocycles. The highest BCUT2D eigenvalue weighted by atomic mass is 16.5. The fourth-order valence-electron chi connectivity index (χ4n) is 4.87. The van der Waals surface area contributed by atoms with Gasteiger partial charge in [-0.05, 0) is 50.9 Å². The van der Waals surface area contributed by atoms with Gasteiger partial charge in [0.15, 0.2) is 0 Å². The van der Waals surface area contributed by atoms with E-state index < -0.39 is 0 Å². The van der Waals surface area contributed by atoms with Crippen molar-refractivity contribution in [3.63, 3.8) is 0 Å². The summed E-state index contributed by atoms with van der Waals surface area (Å²) in [6, 6.07) is 11.4. The summed E-state index contributed by atoms with van der Waals surface area (Å²) in [5.74, 6) is 0.559. The molecule has 1 atom stereocenters. The van der Waals surface area contributed by atoms with Crippen LogP contribution in [-0.2, 0) is 16.1 Å². The second-order valence-corrected chi connectivity index (χ2v) is 8.26. The molecule has 27 heavy (non-hydrogen) atoms. The fraction of sp³-hybridized carbons (Fsp3) is 0.682. The highest BCUT2D eigenvalue weighted by molar-refractivity contribution is 5.79. The third kappa shape index (κ3) is 4.89. The van der Waals surface area contributed by atoms with E-state index in [1.165, 1.54) is 18.4 Å². The number of amides is 1. The van der Waals surface area contributed by atoms with Crippen LogP contribution in [0.25, 0.3) is 0 Å². The van der Waals surface area contributed by atoms with Gasteiger partial charge in [-0.3, -0.25) is 14.6 Å². The van der Waals surface area contributed by atoms with Crippen molar-refractivity contribution in [1.82, 2.24) is 14.7 Å². The molecule has 3 aliphatic rings. The molecular formula is C22H33N3O2. The topological polar surface area (TPSA) is 36.0 Å². The van der Waals surface area contributed by atoms with Gasteiger partial charge in [0, 0.05) is 32.2 Å². The standard InChI is InChI=1S/C22H33N3O2/c26-22(24-13-15-27-16-14-24)20-7-4-10-25(18-20)21-8-11-23(12-9-21)17-19-5-2-1-3-6-19/h1-3,5-6,20-21H,4,7-18H2. The van der Waals surface area contributed by atoms with Gasteiger partial charge in [-0.2, -0.15) is 0 Å². The lowest BCUT2D eigenvalue weighted by Crippen LogP contribution is -2.52. The summed E-state index contributed by atoms with van der Waals surface area (Å²) in [5, 5.41) is 0. The summed E-state index contributed by atoms with van der Waals surface area (Å²) >= 11 is 0. The average molecular weight is 372 g/mol. The first kappa shape index (κ1) is 18.9. The second-order valence-electron chi connectivity index (χ2n) is 8.26. The normalized spacial score (nSPS) is 26.2. The SMILES string of the molecule is O=C(C1CCCN(C2CCN(Cc3ccccc3)CC2)C1)N1CCOCC1. The van der Waals surface area contributed by atoms with Crippen molar-refractivity contribution >= 4 is 5.91 Å². The molecule has 0 saturated carbocycles. The maximum atomic E-state index is 12.9. The molecule has 3 fully saturated rings. The number of morpholine rings is 1. The number of hydrogen-bond donors (Lipinski definition) is 0. The van der Waals surface area contributed by atoms with Crippen molar-refractivity contribution < 1.29 is 9.53 Å². The van der Waals surface area contributed by atoms with Gasteiger partial charge in [0.2, 0.25) is 5.91 Å². The second kappa shape index (κ2) is 9.18. The molecule has 148 valence electrons. The smallest absolute Gasteiger partial charge is 0.227 e. The summed E-state index contributed by atoms with van der Waals surface area (Å²) in [6.07, 6.45) is 4.67. The van der Waals surface area contributed by atoms with E-state index in [0.29, 0.717) is 25.2 Å². The number of rotatable bonds is 4. The van der Waals surface area contributed by atoms with Gasteiger partial charge >= 0.3 is 0 Å². The van der Waals surface area contributed by atoms with Gasteiger partial charge in [-0.15, -0.1) is 0 Å². The highest BCUT2D eigenvalue weighted by Crippen LogP contribution is 2.26. The summed E-state index contributed by atoms with van der Waals surface area (Å²) in [7, 11) is 0. The molecular weight excluding hydrogens is 338 g/mol. The van der Waals surface area contributed by atoms with Gasteiger partial charge in [0.05, 0.1) is 19.1 Å². The van der Waals surface area contributed by atoms with Crippen LogP contribution in [-0.4, -0.2) is 79.1 Å². The molecule has 4 rings (SSSR count). The first-order chi connectivity index (χ1) is 13.3. The van der Waals surface area contributed by atoms with E-state index in [2.05, 4.69) is 40.1 Å². The molecule has 1 aromatic rings. The van der Waals surface area contributed by atoms with Crippen LogP contribution in [0.1, 0.15) is 31.2 Å². The van der Waals surface area contributed by atoms with Crippen LogP contribution in [0.4, 0.5) is 0 Å². The first-order valence-electron chi connectivity index (χ1n) is 10.7. The third-order valence-electron chi connectivity index (χ3n) is 6.45. The fourth-order valence-corrected chi connectivity index (χ4v) is 4.87. The summed E-state index contributed by atoms with van der Waals surface area (Å²) in [6.45, 7) is 8.45. The Balaban J connectivity index is 1.26. The van der Waals surface area contributed by atoms with Crippen molar-refractivity contribution in [3.05, 3.63) is 35.9 Å². The predicted molar refractivity (Wildman–Crippen MR) is 106 cm³/mol. The van der Waals surface area contributed by atoms with Gasteiger partial charge < -0.3 is 9.64 Å². The minimum atomic E-state index is 0.194. The minimum Gasteiger partial charge on any atom is -0.378 e. The number of benzene rings is 1. The number of hydrogen-bond acceptors (Lipinski definition) is 4. The predicted octanol–water partition coefficient (Wildman–Crippen LogP) is 2.22. The number of piperidine rings is 2. The zero-order chi connectivity index (χ0) is 18.5. The van der Waals surface area contributed by atoms with Crippen LogP contribution in [0.3, 0.4) is 0 Å². The number of carbonyl (C=O) groups is 1. The van der Waals surface area contributed by atoms with E-state index in [-0.39, 0.29) is 5.92 Å². The lowest BCUT2D eigenvalue weighted by Gasteiger charge is -2.43. The molecule has 0 bridgehead atoms. The Morgan fingerprint density at radius 2 is 1.70 bits per heavy atom. The zero-order valence-electron chi connectivity index (χ0n) is 16.4. The Hall–Kier alpha value is -1.43. The monoisotopic (exact) mass is 371 g/mol. The van der Waals surface area contributed by atoms with E-state index in [4.69, 9.17) is 4.74 Å². The molecule has 0 N–H and O–H groups in total. The Morgan fingerprint density at radius 1 is 0.963 bits per heavy atom. The average Bonchev–Trinajstić information content (AvgIpc) is 2.75. The molecule has 5 heteroatoms. The van der Waals surface area contributed by atoms with Crippen molar-refractivity contribution in [2.45, 2.75) is 38.3 Å². The van der Waals surface area contributed by atoms with Crippen molar-refractivity contribution in [3.8, 4) is 0 Å². The number of nitrogens with zero attached hydrogens (tertiary/aromatic N) is 3. The van der Waals surface area contributed by atoms with Gasteiger partial charge in [0.1, 0.15) is 0 Å². The lowest BCUT2D eigenvalue weighted by molar-refractivity contribution is -0.142. The molecule has 3 heterocycles. The molecule has 3 saturated heterocycles. The van der Waals surface area contributed by atoms with E-state index in [9.17, 15) is 4.79 Å². The van der Waals surface area contributed by atoms with E-state index >= 15 is 0 Å². The Kier molecular flexibility index (Phi) is 6.43.